The number of furan rings is 1. The second kappa shape index (κ2) is 7.17. The normalized spacial score (nSPS) is 10.7. The zero-order chi connectivity index (χ0) is 12.2. The van der Waals surface area contributed by atoms with Gasteiger partial charge in [-0.05, 0) is 18.6 Å². The average molecular weight is 270 g/mol. The van der Waals surface area contributed by atoms with Crippen LogP contribution in [-0.2, 0) is 10.1 Å². The molecule has 0 unspecified atom stereocenters. The Morgan fingerprint density at radius 2 is 2.12 bits per heavy atom. The molecule has 0 atom stereocenters. The fourth-order valence-electron chi connectivity index (χ4n) is 1.05. The van der Waals surface area contributed by atoms with Gasteiger partial charge in [0.25, 0.3) is 5.91 Å². The first-order chi connectivity index (χ1) is 7.45. The van der Waals surface area contributed by atoms with Gasteiger partial charge >= 0.3 is 10.1 Å². The van der Waals surface area contributed by atoms with Crippen molar-refractivity contribution >= 4 is 45.6 Å². The van der Waals surface area contributed by atoms with Crippen LogP contribution < -0.4 is 5.32 Å². The molecule has 6 nitrogen and oxygen atoms in total. The molecule has 0 aromatic carbocycles. The van der Waals surface area contributed by atoms with Crippen LogP contribution in [0.2, 0.25) is 0 Å². The molecule has 1 radical (unpaired) electrons. The fraction of sp³-hybridized carbons (Fsp3) is 0.444. The van der Waals surface area contributed by atoms with Crippen molar-refractivity contribution in [1.82, 2.24) is 5.32 Å². The van der Waals surface area contributed by atoms with Gasteiger partial charge in [-0.2, -0.15) is 8.42 Å². The maximum atomic E-state index is 11.4. The molecule has 8 heteroatoms. The molecule has 0 aliphatic rings. The van der Waals surface area contributed by atoms with Gasteiger partial charge in [0, 0.05) is 36.1 Å². The molecule has 1 rings (SSSR count). The minimum atomic E-state index is -4.39. The van der Waals surface area contributed by atoms with Gasteiger partial charge in [0.05, 0.1) is 0 Å². The van der Waals surface area contributed by atoms with Crippen molar-refractivity contribution in [2.45, 2.75) is 24.9 Å². The molecule has 0 spiro atoms. The average Bonchev–Trinajstić information content (AvgIpc) is 2.66. The molecule has 0 bridgehead atoms. The maximum absolute atomic E-state index is 11.4. The van der Waals surface area contributed by atoms with Crippen LogP contribution in [0.25, 0.3) is 0 Å². The minimum Gasteiger partial charge on any atom is -0.437 e. The summed E-state index contributed by atoms with van der Waals surface area (Å²) in [6, 6.07) is 2.23. The van der Waals surface area contributed by atoms with Crippen molar-refractivity contribution in [2.24, 2.45) is 0 Å². The van der Waals surface area contributed by atoms with Gasteiger partial charge in [-0.15, -0.1) is 0 Å². The van der Waals surface area contributed by atoms with Crippen LogP contribution in [0.1, 0.15) is 30.3 Å². The number of carbonyl (C=O) groups is 1. The molecule has 1 aromatic rings. The van der Waals surface area contributed by atoms with Crippen LogP contribution in [0.3, 0.4) is 0 Å². The summed E-state index contributed by atoms with van der Waals surface area (Å²) in [7, 11) is -4.39. The first-order valence-electron chi connectivity index (χ1n) is 4.80. The molecule has 1 heterocycles. The number of carbonyl (C=O) groups excluding carboxylic acids is 1. The second-order valence-electron chi connectivity index (χ2n) is 3.20. The zero-order valence-corrected chi connectivity index (χ0v) is 12.6. The quantitative estimate of drug-likeness (QED) is 0.466. The molecule has 0 aliphatic carbocycles. The number of nitrogens with one attached hydrogen (secondary N) is 1. The Bertz CT molecular complexity index is 467. The summed E-state index contributed by atoms with van der Waals surface area (Å²) in [6.07, 6.45) is 1.77. The van der Waals surface area contributed by atoms with Crippen molar-refractivity contribution in [3.8, 4) is 0 Å². The number of amides is 1. The Kier molecular flexibility index (Phi) is 7.03. The molecule has 0 saturated carbocycles. The van der Waals surface area contributed by atoms with Gasteiger partial charge in [0.2, 0.25) is 5.09 Å². The van der Waals surface area contributed by atoms with Crippen LogP contribution in [0, 0.1) is 0 Å². The largest absolute Gasteiger partial charge is 0.437 e. The van der Waals surface area contributed by atoms with Gasteiger partial charge in [0.15, 0.2) is 5.76 Å². The smallest absolute Gasteiger partial charge is 0.328 e. The third kappa shape index (κ3) is 5.22. The third-order valence-corrected chi connectivity index (χ3v) is 2.60. The van der Waals surface area contributed by atoms with E-state index in [0.29, 0.717) is 6.54 Å². The first-order valence-corrected chi connectivity index (χ1v) is 6.24. The number of hydrogen-bond acceptors (Lipinski definition) is 4. The summed E-state index contributed by atoms with van der Waals surface area (Å²) in [5.74, 6) is -0.632. The van der Waals surface area contributed by atoms with E-state index in [1.165, 1.54) is 6.07 Å². The maximum Gasteiger partial charge on any atom is 0.328 e. The predicted octanol–water partition coefficient (Wildman–Crippen LogP) is 0.675. The Balaban J connectivity index is 0.00000256. The van der Waals surface area contributed by atoms with Crippen LogP contribution in [0.5, 0.6) is 0 Å². The summed E-state index contributed by atoms with van der Waals surface area (Å²) in [6.45, 7) is 2.48. The summed E-state index contributed by atoms with van der Waals surface area (Å²) in [4.78, 5) is 11.4. The van der Waals surface area contributed by atoms with Crippen LogP contribution in [0.15, 0.2) is 21.6 Å². The van der Waals surface area contributed by atoms with Gasteiger partial charge in [0.1, 0.15) is 0 Å². The Morgan fingerprint density at radius 3 is 2.59 bits per heavy atom. The van der Waals surface area contributed by atoms with Crippen molar-refractivity contribution in [1.29, 1.82) is 0 Å². The summed E-state index contributed by atoms with van der Waals surface area (Å²) in [5.41, 5.74) is 0. The summed E-state index contributed by atoms with van der Waals surface area (Å²) < 4.78 is 34.7. The van der Waals surface area contributed by atoms with E-state index in [2.05, 4.69) is 5.32 Å². The molecule has 17 heavy (non-hydrogen) atoms. The molecule has 91 valence electrons. The minimum absolute atomic E-state index is 0. The van der Waals surface area contributed by atoms with E-state index in [-0.39, 0.29) is 35.3 Å². The molecule has 0 aliphatic heterocycles. The van der Waals surface area contributed by atoms with E-state index in [4.69, 9.17) is 8.97 Å². The molecule has 2 N–H and O–H groups in total. The number of rotatable bonds is 5. The molecule has 0 fully saturated rings. The van der Waals surface area contributed by atoms with E-state index in [0.717, 1.165) is 18.9 Å². The number of hydrogen-bond donors (Lipinski definition) is 2. The van der Waals surface area contributed by atoms with E-state index in [1.54, 1.807) is 0 Å². The first kappa shape index (κ1) is 16.7. The SMILES string of the molecule is CCCCNC(=O)c1ccc(S(=O)(=O)O)o1.[Na]. The Hall–Kier alpha value is -0.340. The van der Waals surface area contributed by atoms with Gasteiger partial charge in [-0.1, -0.05) is 13.3 Å². The van der Waals surface area contributed by atoms with Crippen LogP contribution in [-0.4, -0.2) is 55.0 Å². The van der Waals surface area contributed by atoms with Crippen LogP contribution in [0.4, 0.5) is 0 Å². The molecular weight excluding hydrogens is 257 g/mol. The van der Waals surface area contributed by atoms with E-state index in [9.17, 15) is 13.2 Å². The Morgan fingerprint density at radius 1 is 1.47 bits per heavy atom. The Labute approximate surface area is 122 Å². The monoisotopic (exact) mass is 270 g/mol. The molecule has 0 saturated heterocycles. The van der Waals surface area contributed by atoms with E-state index < -0.39 is 21.1 Å². The molecular formula is C9H13NNaO5S. The van der Waals surface area contributed by atoms with Gasteiger partial charge in [-0.25, -0.2) is 0 Å². The standard InChI is InChI=1S/C9H13NO5S.Na/c1-2-3-6-10-9(11)7-4-5-8(15-7)16(12,13)14;/h4-5H,2-3,6H2,1H3,(H,10,11)(H,12,13,14);. The second-order valence-corrected chi connectivity index (χ2v) is 4.56. The van der Waals surface area contributed by atoms with Gasteiger partial charge < -0.3 is 9.73 Å². The number of unbranched alkanes of at least 4 members (excludes halogenated alkanes) is 1. The van der Waals surface area contributed by atoms with Crippen molar-refractivity contribution in [3.05, 3.63) is 17.9 Å². The van der Waals surface area contributed by atoms with Crippen molar-refractivity contribution in [2.75, 3.05) is 6.54 Å². The third-order valence-electron chi connectivity index (χ3n) is 1.88. The van der Waals surface area contributed by atoms with Crippen LogP contribution >= 0.6 is 0 Å². The zero-order valence-electron chi connectivity index (χ0n) is 9.76. The predicted molar refractivity (Wildman–Crippen MR) is 61.5 cm³/mol. The van der Waals surface area contributed by atoms with Crippen molar-refractivity contribution < 1.29 is 22.2 Å². The fourth-order valence-corrected chi connectivity index (χ4v) is 1.48. The van der Waals surface area contributed by atoms with Crippen molar-refractivity contribution in [3.63, 3.8) is 0 Å². The summed E-state index contributed by atoms with van der Waals surface area (Å²) >= 11 is 0. The topological polar surface area (TPSA) is 96.6 Å². The van der Waals surface area contributed by atoms with E-state index in [1.807, 2.05) is 6.92 Å². The molecule has 1 aromatic heterocycles. The van der Waals surface area contributed by atoms with Gasteiger partial charge in [-0.3, -0.25) is 9.35 Å². The van der Waals surface area contributed by atoms with E-state index >= 15 is 0 Å². The summed E-state index contributed by atoms with van der Waals surface area (Å²) in [5, 5.41) is 1.92. The molecule has 1 amide bonds.